The zero-order valence-corrected chi connectivity index (χ0v) is 16.9. The molecule has 0 bridgehead atoms. The molecule has 0 fully saturated rings. The second-order valence-electron chi connectivity index (χ2n) is 7.49. The summed E-state index contributed by atoms with van der Waals surface area (Å²) in [5, 5.41) is 8.53. The Bertz CT molecular complexity index is 1320. The average Bonchev–Trinajstić information content (AvgIpc) is 3.27. The Kier molecular flexibility index (Phi) is 4.07. The highest BCUT2D eigenvalue weighted by atomic mass is 35.5. The molecule has 152 valence electrons. The highest BCUT2D eigenvalue weighted by Crippen LogP contribution is 2.50. The van der Waals surface area contributed by atoms with Crippen molar-refractivity contribution in [2.45, 2.75) is 12.1 Å². The van der Waals surface area contributed by atoms with Gasteiger partial charge in [0.2, 0.25) is 5.95 Å². The molecule has 3 aromatic carbocycles. The number of ether oxygens (including phenoxy) is 1. The van der Waals surface area contributed by atoms with Crippen LogP contribution in [-0.2, 0) is 0 Å². The van der Waals surface area contributed by atoms with E-state index in [0.717, 1.165) is 28.0 Å². The van der Waals surface area contributed by atoms with E-state index in [2.05, 4.69) is 27.5 Å². The van der Waals surface area contributed by atoms with Crippen LogP contribution in [0.25, 0.3) is 5.70 Å². The average molecular weight is 431 g/mol. The Morgan fingerprint density at radius 3 is 2.58 bits per heavy atom. The molecule has 1 N–H and O–H groups in total. The quantitative estimate of drug-likeness (QED) is 0.447. The van der Waals surface area contributed by atoms with Gasteiger partial charge in [0, 0.05) is 16.2 Å². The first-order valence-electron chi connectivity index (χ1n) is 9.86. The summed E-state index contributed by atoms with van der Waals surface area (Å²) >= 11 is 6.33. The Hall–Kier alpha value is -3.64. The molecule has 0 unspecified atom stereocenters. The number of aromatic nitrogens is 3. The minimum Gasteiger partial charge on any atom is -0.480 e. The second-order valence-corrected chi connectivity index (χ2v) is 7.92. The number of anilines is 1. The van der Waals surface area contributed by atoms with Crippen LogP contribution in [0.15, 0.2) is 84.7 Å². The summed E-state index contributed by atoms with van der Waals surface area (Å²) < 4.78 is 22.0. The van der Waals surface area contributed by atoms with Crippen molar-refractivity contribution in [2.75, 3.05) is 5.32 Å². The third-order valence-electron chi connectivity index (χ3n) is 5.66. The first-order chi connectivity index (χ1) is 15.2. The van der Waals surface area contributed by atoms with Gasteiger partial charge in [0.1, 0.15) is 30.0 Å². The predicted octanol–water partition coefficient (Wildman–Crippen LogP) is 5.63. The SMILES string of the molecule is Fc1ccc([C@@H]2Oc3ccc(Cl)cc3C3=C2[C@H](c2ccccc2)n2ncnc2N3)cc1. The standard InChI is InChI=1S/C24H16ClFN4O/c25-16-8-11-19-18(12-16)21-20(23(31-19)15-6-9-17(26)10-7-15)22(14-4-2-1-3-5-14)30-24(29-21)27-13-28-30/h1-13,22-23H,(H,27,28,29)/t22-,23-/m0/s1. The maximum absolute atomic E-state index is 13.7. The molecular weight excluding hydrogens is 415 g/mol. The van der Waals surface area contributed by atoms with Crippen molar-refractivity contribution in [3.63, 3.8) is 0 Å². The van der Waals surface area contributed by atoms with Crippen LogP contribution in [0.5, 0.6) is 5.75 Å². The maximum Gasteiger partial charge on any atom is 0.226 e. The monoisotopic (exact) mass is 430 g/mol. The lowest BCUT2D eigenvalue weighted by Crippen LogP contribution is -2.32. The fourth-order valence-corrected chi connectivity index (χ4v) is 4.48. The van der Waals surface area contributed by atoms with Crippen molar-refractivity contribution >= 4 is 23.2 Å². The van der Waals surface area contributed by atoms with Crippen LogP contribution in [0.3, 0.4) is 0 Å². The second kappa shape index (κ2) is 6.96. The molecule has 0 aliphatic carbocycles. The molecule has 0 amide bonds. The summed E-state index contributed by atoms with van der Waals surface area (Å²) in [6.45, 7) is 0. The van der Waals surface area contributed by atoms with Crippen LogP contribution >= 0.6 is 11.6 Å². The van der Waals surface area contributed by atoms with E-state index in [1.165, 1.54) is 18.5 Å². The molecule has 31 heavy (non-hydrogen) atoms. The summed E-state index contributed by atoms with van der Waals surface area (Å²) in [5.41, 5.74) is 4.60. The fourth-order valence-electron chi connectivity index (χ4n) is 4.31. The number of hydrogen-bond acceptors (Lipinski definition) is 4. The van der Waals surface area contributed by atoms with Crippen molar-refractivity contribution in [3.8, 4) is 5.75 Å². The van der Waals surface area contributed by atoms with Crippen molar-refractivity contribution < 1.29 is 9.13 Å². The first kappa shape index (κ1) is 18.2. The van der Waals surface area contributed by atoms with Crippen LogP contribution in [0.1, 0.15) is 28.8 Å². The number of fused-ring (bicyclic) bond motifs is 3. The molecular formula is C24H16ClFN4O. The fraction of sp³-hybridized carbons (Fsp3) is 0.0833. The molecule has 4 aromatic rings. The van der Waals surface area contributed by atoms with Crippen molar-refractivity contribution in [1.29, 1.82) is 0 Å². The van der Waals surface area contributed by atoms with Gasteiger partial charge < -0.3 is 10.1 Å². The molecule has 2 aliphatic heterocycles. The topological polar surface area (TPSA) is 52.0 Å². The normalized spacial score (nSPS) is 19.0. The Morgan fingerprint density at radius 1 is 0.968 bits per heavy atom. The molecule has 5 nitrogen and oxygen atoms in total. The zero-order valence-electron chi connectivity index (χ0n) is 16.2. The largest absolute Gasteiger partial charge is 0.480 e. The lowest BCUT2D eigenvalue weighted by Gasteiger charge is -2.39. The van der Waals surface area contributed by atoms with Gasteiger partial charge in [-0.2, -0.15) is 10.1 Å². The van der Waals surface area contributed by atoms with Gasteiger partial charge in [-0.15, -0.1) is 0 Å². The smallest absolute Gasteiger partial charge is 0.226 e. The number of nitrogens with zero attached hydrogens (tertiary/aromatic N) is 3. The van der Waals surface area contributed by atoms with E-state index >= 15 is 0 Å². The number of rotatable bonds is 2. The van der Waals surface area contributed by atoms with Crippen LogP contribution in [0.4, 0.5) is 10.3 Å². The number of halogens is 2. The van der Waals surface area contributed by atoms with Crippen LogP contribution in [0, 0.1) is 5.82 Å². The molecule has 1 aromatic heterocycles. The number of nitrogens with one attached hydrogen (secondary N) is 1. The van der Waals surface area contributed by atoms with E-state index in [1.807, 2.05) is 35.0 Å². The molecule has 2 aliphatic rings. The third-order valence-corrected chi connectivity index (χ3v) is 5.90. The van der Waals surface area contributed by atoms with Gasteiger partial charge in [-0.25, -0.2) is 9.07 Å². The molecule has 7 heteroatoms. The number of benzene rings is 3. The predicted molar refractivity (Wildman–Crippen MR) is 116 cm³/mol. The summed E-state index contributed by atoms with van der Waals surface area (Å²) in [4.78, 5) is 4.41. The molecule has 6 rings (SSSR count). The van der Waals surface area contributed by atoms with Crippen molar-refractivity contribution in [2.24, 2.45) is 0 Å². The molecule has 0 saturated carbocycles. The van der Waals surface area contributed by atoms with Crippen molar-refractivity contribution in [3.05, 3.63) is 112 Å². The van der Waals surface area contributed by atoms with Gasteiger partial charge in [0.05, 0.1) is 5.70 Å². The van der Waals surface area contributed by atoms with E-state index < -0.39 is 6.10 Å². The van der Waals surface area contributed by atoms with Crippen LogP contribution < -0.4 is 10.1 Å². The number of hydrogen-bond donors (Lipinski definition) is 1. The van der Waals surface area contributed by atoms with E-state index in [0.29, 0.717) is 16.7 Å². The van der Waals surface area contributed by atoms with Gasteiger partial charge in [-0.3, -0.25) is 0 Å². The Morgan fingerprint density at radius 2 is 1.77 bits per heavy atom. The van der Waals surface area contributed by atoms with Gasteiger partial charge in [0.25, 0.3) is 0 Å². The third kappa shape index (κ3) is 2.91. The Labute approximate surface area is 182 Å². The van der Waals surface area contributed by atoms with E-state index in [9.17, 15) is 4.39 Å². The van der Waals surface area contributed by atoms with Gasteiger partial charge in [-0.05, 0) is 41.5 Å². The van der Waals surface area contributed by atoms with Gasteiger partial charge in [0.15, 0.2) is 0 Å². The Balaban J connectivity index is 1.64. The molecule has 0 saturated heterocycles. The van der Waals surface area contributed by atoms with Gasteiger partial charge in [-0.1, -0.05) is 54.1 Å². The van der Waals surface area contributed by atoms with E-state index in [-0.39, 0.29) is 11.9 Å². The minimum absolute atomic E-state index is 0.253. The van der Waals surface area contributed by atoms with E-state index in [1.54, 1.807) is 18.2 Å². The molecule has 0 spiro atoms. The lowest BCUT2D eigenvalue weighted by molar-refractivity contribution is 0.223. The first-order valence-corrected chi connectivity index (χ1v) is 10.2. The molecule has 0 radical (unpaired) electrons. The maximum atomic E-state index is 13.7. The molecule has 3 heterocycles. The summed E-state index contributed by atoms with van der Waals surface area (Å²) in [5.74, 6) is 1.05. The zero-order chi connectivity index (χ0) is 20.9. The molecule has 2 atom stereocenters. The lowest BCUT2D eigenvalue weighted by atomic mass is 9.84. The summed E-state index contributed by atoms with van der Waals surface area (Å²) in [6.07, 6.45) is 1.09. The van der Waals surface area contributed by atoms with E-state index in [4.69, 9.17) is 16.3 Å². The summed E-state index contributed by atoms with van der Waals surface area (Å²) in [6, 6.07) is 21.8. The van der Waals surface area contributed by atoms with Crippen molar-refractivity contribution in [1.82, 2.24) is 14.8 Å². The highest BCUT2D eigenvalue weighted by molar-refractivity contribution is 6.30. The van der Waals surface area contributed by atoms with Gasteiger partial charge >= 0.3 is 0 Å². The summed E-state index contributed by atoms with van der Waals surface area (Å²) in [7, 11) is 0. The highest BCUT2D eigenvalue weighted by Gasteiger charge is 2.40. The van der Waals surface area contributed by atoms with Crippen LogP contribution in [0.2, 0.25) is 5.02 Å². The minimum atomic E-state index is -0.445. The van der Waals surface area contributed by atoms with Crippen LogP contribution in [-0.4, -0.2) is 14.8 Å².